The SMILES string of the molecule is O=C(CN(c1ccc(I)cc1)S(=O)(=O)c1ccccc1)NCc1cccc(CN2CCCC2)c1. The number of sulfonamides is 1. The van der Waals surface area contributed by atoms with Gasteiger partial charge >= 0.3 is 0 Å². The van der Waals surface area contributed by atoms with Gasteiger partial charge in [0, 0.05) is 16.7 Å². The van der Waals surface area contributed by atoms with Crippen molar-refractivity contribution in [1.29, 1.82) is 0 Å². The molecule has 1 N–H and O–H groups in total. The Labute approximate surface area is 215 Å². The molecule has 34 heavy (non-hydrogen) atoms. The first kappa shape index (κ1) is 24.7. The number of likely N-dealkylation sites (tertiary alicyclic amines) is 1. The lowest BCUT2D eigenvalue weighted by Crippen LogP contribution is -2.40. The normalized spacial score (nSPS) is 14.1. The molecule has 0 atom stereocenters. The van der Waals surface area contributed by atoms with Crippen LogP contribution in [-0.4, -0.2) is 38.9 Å². The van der Waals surface area contributed by atoms with Gasteiger partial charge in [0.2, 0.25) is 5.91 Å². The lowest BCUT2D eigenvalue weighted by molar-refractivity contribution is -0.119. The standard InChI is InChI=1S/C26H28IN3O3S/c27-23-11-13-24(14-12-23)30(34(32,33)25-9-2-1-3-10-25)20-26(31)28-18-21-7-6-8-22(17-21)19-29-15-4-5-16-29/h1-3,6-14,17H,4-5,15-16,18-20H2,(H,28,31). The minimum atomic E-state index is -3.90. The minimum Gasteiger partial charge on any atom is -0.350 e. The molecule has 0 radical (unpaired) electrons. The highest BCUT2D eigenvalue weighted by molar-refractivity contribution is 14.1. The number of hydrogen-bond acceptors (Lipinski definition) is 4. The maximum Gasteiger partial charge on any atom is 0.264 e. The molecule has 1 amide bonds. The number of hydrogen-bond donors (Lipinski definition) is 1. The fourth-order valence-corrected chi connectivity index (χ4v) is 5.87. The van der Waals surface area contributed by atoms with Crippen molar-refractivity contribution >= 4 is 44.2 Å². The molecule has 1 aliphatic heterocycles. The fourth-order valence-electron chi connectivity index (χ4n) is 4.07. The first-order valence-corrected chi connectivity index (χ1v) is 13.8. The van der Waals surface area contributed by atoms with E-state index in [1.807, 2.05) is 24.3 Å². The Morgan fingerprint density at radius 2 is 1.59 bits per heavy atom. The van der Waals surface area contributed by atoms with E-state index >= 15 is 0 Å². The number of nitrogens with zero attached hydrogens (tertiary/aromatic N) is 2. The van der Waals surface area contributed by atoms with Crippen LogP contribution in [0.1, 0.15) is 24.0 Å². The molecule has 0 bridgehead atoms. The molecule has 0 spiro atoms. The number of amides is 1. The van der Waals surface area contributed by atoms with Crippen LogP contribution in [0.4, 0.5) is 5.69 Å². The lowest BCUT2D eigenvalue weighted by atomic mass is 10.1. The van der Waals surface area contributed by atoms with E-state index in [-0.39, 0.29) is 17.3 Å². The second-order valence-corrected chi connectivity index (χ2v) is 11.5. The Kier molecular flexibility index (Phi) is 8.23. The van der Waals surface area contributed by atoms with Crippen LogP contribution in [0, 0.1) is 3.57 Å². The van der Waals surface area contributed by atoms with Gasteiger partial charge < -0.3 is 5.32 Å². The van der Waals surface area contributed by atoms with Gasteiger partial charge in [0.1, 0.15) is 6.54 Å². The van der Waals surface area contributed by atoms with Gasteiger partial charge in [0.25, 0.3) is 10.0 Å². The highest BCUT2D eigenvalue weighted by Crippen LogP contribution is 2.24. The van der Waals surface area contributed by atoms with Gasteiger partial charge in [-0.2, -0.15) is 0 Å². The zero-order valence-corrected chi connectivity index (χ0v) is 21.8. The van der Waals surface area contributed by atoms with Gasteiger partial charge in [-0.3, -0.25) is 14.0 Å². The molecule has 4 rings (SSSR count). The summed E-state index contributed by atoms with van der Waals surface area (Å²) in [5, 5.41) is 2.89. The van der Waals surface area contributed by atoms with Crippen LogP contribution in [0.3, 0.4) is 0 Å². The van der Waals surface area contributed by atoms with Crippen LogP contribution in [0.5, 0.6) is 0 Å². The second kappa shape index (κ2) is 11.3. The largest absolute Gasteiger partial charge is 0.350 e. The Hall–Kier alpha value is -2.43. The summed E-state index contributed by atoms with van der Waals surface area (Å²) in [6, 6.07) is 23.5. The van der Waals surface area contributed by atoms with Crippen molar-refractivity contribution in [3.63, 3.8) is 0 Å². The van der Waals surface area contributed by atoms with Crippen LogP contribution in [-0.2, 0) is 27.9 Å². The molecule has 1 fully saturated rings. The van der Waals surface area contributed by atoms with Gasteiger partial charge in [-0.25, -0.2) is 8.42 Å². The maximum atomic E-state index is 13.4. The van der Waals surface area contributed by atoms with Gasteiger partial charge in [0.05, 0.1) is 10.6 Å². The van der Waals surface area contributed by atoms with Gasteiger partial charge in [-0.1, -0.05) is 42.5 Å². The fraction of sp³-hybridized carbons (Fsp3) is 0.269. The third kappa shape index (κ3) is 6.37. The summed E-state index contributed by atoms with van der Waals surface area (Å²) in [5.41, 5.74) is 2.67. The molecule has 0 saturated carbocycles. The molecule has 1 saturated heterocycles. The van der Waals surface area contributed by atoms with Crippen LogP contribution >= 0.6 is 22.6 Å². The number of benzene rings is 3. The number of carbonyl (C=O) groups excluding carboxylic acids is 1. The smallest absolute Gasteiger partial charge is 0.264 e. The van der Waals surface area contributed by atoms with Crippen LogP contribution < -0.4 is 9.62 Å². The van der Waals surface area contributed by atoms with Crippen LogP contribution in [0.15, 0.2) is 83.8 Å². The van der Waals surface area contributed by atoms with E-state index in [0.29, 0.717) is 12.2 Å². The quantitative estimate of drug-likeness (QED) is 0.376. The van der Waals surface area contributed by atoms with Crippen molar-refractivity contribution < 1.29 is 13.2 Å². The molecule has 0 aromatic heterocycles. The highest BCUT2D eigenvalue weighted by Gasteiger charge is 2.27. The molecule has 3 aromatic carbocycles. The third-order valence-corrected chi connectivity index (χ3v) is 8.33. The minimum absolute atomic E-state index is 0.149. The predicted molar refractivity (Wildman–Crippen MR) is 143 cm³/mol. The van der Waals surface area contributed by atoms with E-state index < -0.39 is 10.0 Å². The molecule has 1 aliphatic rings. The Balaban J connectivity index is 1.46. The van der Waals surface area contributed by atoms with Crippen LogP contribution in [0.25, 0.3) is 0 Å². The number of halogens is 1. The summed E-state index contributed by atoms with van der Waals surface area (Å²) < 4.78 is 28.9. The average molecular weight is 589 g/mol. The summed E-state index contributed by atoms with van der Waals surface area (Å²) in [4.78, 5) is 15.5. The maximum absolute atomic E-state index is 13.4. The van der Waals surface area contributed by atoms with Gasteiger partial charge in [0.15, 0.2) is 0 Å². The summed E-state index contributed by atoms with van der Waals surface area (Å²) >= 11 is 2.17. The molecular formula is C26H28IN3O3S. The first-order valence-electron chi connectivity index (χ1n) is 11.3. The van der Waals surface area contributed by atoms with Crippen molar-refractivity contribution in [2.24, 2.45) is 0 Å². The summed E-state index contributed by atoms with van der Waals surface area (Å²) in [5.74, 6) is -0.358. The zero-order chi connectivity index (χ0) is 24.0. The monoisotopic (exact) mass is 589 g/mol. The van der Waals surface area contributed by atoms with Crippen molar-refractivity contribution in [1.82, 2.24) is 10.2 Å². The number of anilines is 1. The predicted octanol–water partition coefficient (Wildman–Crippen LogP) is 4.40. The zero-order valence-electron chi connectivity index (χ0n) is 18.9. The van der Waals surface area contributed by atoms with Gasteiger partial charge in [-0.05, 0) is 96.0 Å². The molecule has 0 aliphatic carbocycles. The molecule has 6 nitrogen and oxygen atoms in total. The van der Waals surface area contributed by atoms with Crippen molar-refractivity contribution in [3.05, 3.63) is 93.6 Å². The summed E-state index contributed by atoms with van der Waals surface area (Å²) in [7, 11) is -3.90. The van der Waals surface area contributed by atoms with E-state index in [1.165, 1.54) is 18.4 Å². The topological polar surface area (TPSA) is 69.7 Å². The number of rotatable bonds is 9. The van der Waals surface area contributed by atoms with E-state index in [4.69, 9.17) is 0 Å². The summed E-state index contributed by atoms with van der Waals surface area (Å²) in [6.45, 7) is 3.22. The third-order valence-electron chi connectivity index (χ3n) is 5.82. The molecular weight excluding hydrogens is 561 g/mol. The van der Waals surface area contributed by atoms with E-state index in [0.717, 1.165) is 33.1 Å². The summed E-state index contributed by atoms with van der Waals surface area (Å²) in [6.07, 6.45) is 2.50. The molecule has 1 heterocycles. The van der Waals surface area contributed by atoms with Crippen molar-refractivity contribution in [2.75, 3.05) is 23.9 Å². The molecule has 0 unspecified atom stereocenters. The molecule has 178 valence electrons. The van der Waals surface area contributed by atoms with Crippen molar-refractivity contribution in [3.8, 4) is 0 Å². The number of nitrogens with one attached hydrogen (secondary N) is 1. The molecule has 3 aromatic rings. The number of carbonyl (C=O) groups is 1. The van der Waals surface area contributed by atoms with E-state index in [9.17, 15) is 13.2 Å². The van der Waals surface area contributed by atoms with Gasteiger partial charge in [-0.15, -0.1) is 0 Å². The van der Waals surface area contributed by atoms with Crippen LogP contribution in [0.2, 0.25) is 0 Å². The lowest BCUT2D eigenvalue weighted by Gasteiger charge is -2.24. The Morgan fingerprint density at radius 3 is 2.29 bits per heavy atom. The first-order chi connectivity index (χ1) is 16.4. The van der Waals surface area contributed by atoms with E-state index in [2.05, 4.69) is 44.9 Å². The highest BCUT2D eigenvalue weighted by atomic mass is 127. The van der Waals surface area contributed by atoms with Crippen molar-refractivity contribution in [2.45, 2.75) is 30.8 Å². The average Bonchev–Trinajstić information content (AvgIpc) is 3.36. The Morgan fingerprint density at radius 1 is 0.912 bits per heavy atom. The molecule has 8 heteroatoms. The van der Waals surface area contributed by atoms with E-state index in [1.54, 1.807) is 42.5 Å². The second-order valence-electron chi connectivity index (χ2n) is 8.38. The Bertz CT molecular complexity index is 1210.